The van der Waals surface area contributed by atoms with E-state index in [9.17, 15) is 0 Å². The number of imidazole rings is 1. The minimum absolute atomic E-state index is 1.23. The Labute approximate surface area is 323 Å². The molecule has 1 rings (SSSR count). The van der Waals surface area contributed by atoms with E-state index < -0.39 is 0 Å². The zero-order chi connectivity index (χ0) is 36.6. The smallest absolute Gasteiger partial charge is 0.234 e. The van der Waals surface area contributed by atoms with Crippen molar-refractivity contribution in [3.05, 3.63) is 18.2 Å². The Balaban J connectivity index is 2.27. The molecule has 1 heterocycles. The van der Waals surface area contributed by atoms with Crippen LogP contribution in [0.4, 0.5) is 0 Å². The van der Waals surface area contributed by atoms with Crippen LogP contribution in [0.1, 0.15) is 283 Å². The number of unbranched alkanes of at least 4 members (excludes halogenated alkanes) is 37. The van der Waals surface area contributed by atoms with E-state index in [1.165, 1.54) is 276 Å². The fraction of sp³-hybridized carbons (Fsp3) is 0.939. The van der Waals surface area contributed by atoms with Crippen molar-refractivity contribution in [1.82, 2.24) is 4.57 Å². The van der Waals surface area contributed by atoms with Gasteiger partial charge in [-0.2, -0.15) is 0 Å². The highest BCUT2D eigenvalue weighted by atomic mass is 15.1. The molecule has 0 N–H and O–H groups in total. The van der Waals surface area contributed by atoms with Crippen LogP contribution in [0, 0.1) is 0 Å². The molecule has 0 radical (unpaired) electrons. The molecule has 0 aliphatic heterocycles. The third-order valence-corrected chi connectivity index (χ3v) is 11.8. The summed E-state index contributed by atoms with van der Waals surface area (Å²) < 4.78 is 5.31. The monoisotopic (exact) mass is 714 g/mol. The number of aryl methyl sites for hydroxylation is 2. The first-order valence-electron chi connectivity index (χ1n) is 24.4. The number of nitrogens with zero attached hydrogens (tertiary/aromatic N) is 2. The molecule has 0 bridgehead atoms. The quantitative estimate of drug-likeness (QED) is 0.0471. The Morgan fingerprint density at radius 2 is 0.608 bits per heavy atom. The lowest BCUT2D eigenvalue weighted by Gasteiger charge is -2.07. The van der Waals surface area contributed by atoms with Gasteiger partial charge in [-0.25, -0.2) is 9.13 Å². The van der Waals surface area contributed by atoms with Gasteiger partial charge in [-0.15, -0.1) is 0 Å². The van der Waals surface area contributed by atoms with Crippen LogP contribution in [0.15, 0.2) is 12.4 Å². The van der Waals surface area contributed by atoms with Gasteiger partial charge in [-0.05, 0) is 32.1 Å². The molecule has 0 spiro atoms. The summed E-state index contributed by atoms with van der Waals surface area (Å²) in [6, 6.07) is 0. The van der Waals surface area contributed by atoms with E-state index in [4.69, 9.17) is 0 Å². The van der Waals surface area contributed by atoms with Crippen molar-refractivity contribution >= 4 is 0 Å². The molecule has 1 aromatic rings. The minimum atomic E-state index is 1.23. The van der Waals surface area contributed by atoms with Crippen LogP contribution in [0.3, 0.4) is 0 Å². The van der Waals surface area contributed by atoms with Crippen molar-refractivity contribution in [3.8, 4) is 0 Å². The third kappa shape index (κ3) is 32.4. The molecule has 302 valence electrons. The molecule has 1 aromatic heterocycles. The van der Waals surface area contributed by atoms with Gasteiger partial charge in [0.15, 0.2) is 0 Å². The minimum Gasteiger partial charge on any atom is -0.234 e. The number of hydrogen-bond donors (Lipinski definition) is 0. The van der Waals surface area contributed by atoms with Crippen LogP contribution < -0.4 is 4.57 Å². The van der Waals surface area contributed by atoms with Gasteiger partial charge in [0.1, 0.15) is 12.4 Å². The molecule has 0 atom stereocenters. The predicted octanol–water partition coefficient (Wildman–Crippen LogP) is 17.0. The largest absolute Gasteiger partial charge is 0.256 e. The van der Waals surface area contributed by atoms with Crippen molar-refractivity contribution in [1.29, 1.82) is 0 Å². The van der Waals surface area contributed by atoms with Crippen LogP contribution >= 0.6 is 0 Å². The van der Waals surface area contributed by atoms with Crippen LogP contribution in [0.2, 0.25) is 0 Å². The topological polar surface area (TPSA) is 8.81 Å². The first-order valence-corrected chi connectivity index (χ1v) is 24.4. The van der Waals surface area contributed by atoms with Crippen molar-refractivity contribution in [3.63, 3.8) is 0 Å². The van der Waals surface area contributed by atoms with Crippen molar-refractivity contribution in [2.24, 2.45) is 0 Å². The molecular weight excluding hydrogens is 617 g/mol. The van der Waals surface area contributed by atoms with Crippen molar-refractivity contribution < 1.29 is 4.57 Å². The Kier molecular flexibility index (Phi) is 38.2. The van der Waals surface area contributed by atoms with Crippen LogP contribution in [0.25, 0.3) is 0 Å². The fourth-order valence-electron chi connectivity index (χ4n) is 8.27. The Bertz CT molecular complexity index is 732. The highest BCUT2D eigenvalue weighted by Crippen LogP contribution is 2.17. The summed E-state index contributed by atoms with van der Waals surface area (Å²) in [6.45, 7) is 9.42. The molecule has 0 unspecified atom stereocenters. The maximum absolute atomic E-state index is 2.66. The lowest BCUT2D eigenvalue weighted by atomic mass is 10.0. The highest BCUT2D eigenvalue weighted by molar-refractivity contribution is 4.84. The molecule has 0 aliphatic carbocycles. The molecule has 0 saturated heterocycles. The van der Waals surface area contributed by atoms with E-state index in [1.54, 1.807) is 5.82 Å². The fourth-order valence-corrected chi connectivity index (χ4v) is 8.27. The van der Waals surface area contributed by atoms with Gasteiger partial charge in [-0.1, -0.05) is 245 Å². The summed E-state index contributed by atoms with van der Waals surface area (Å²) in [4.78, 5) is 0. The highest BCUT2D eigenvalue weighted by Gasteiger charge is 2.16. The van der Waals surface area contributed by atoms with Gasteiger partial charge in [0.25, 0.3) is 5.82 Å². The Hall–Kier alpha value is -0.790. The van der Waals surface area contributed by atoms with Gasteiger partial charge in [0, 0.05) is 6.42 Å². The average molecular weight is 714 g/mol. The summed E-state index contributed by atoms with van der Waals surface area (Å²) in [5, 5.41) is 0. The van der Waals surface area contributed by atoms with E-state index >= 15 is 0 Å². The molecule has 0 amide bonds. The van der Waals surface area contributed by atoms with Gasteiger partial charge >= 0.3 is 0 Å². The summed E-state index contributed by atoms with van der Waals surface area (Å²) in [7, 11) is 0. The van der Waals surface area contributed by atoms with E-state index in [1.807, 2.05) is 0 Å². The summed E-state index contributed by atoms with van der Waals surface area (Å²) in [6.07, 6.45) is 63.8. The first kappa shape index (κ1) is 48.2. The normalized spacial score (nSPS) is 11.7. The maximum atomic E-state index is 2.66. The predicted molar refractivity (Wildman–Crippen MR) is 230 cm³/mol. The Morgan fingerprint density at radius 1 is 0.333 bits per heavy atom. The van der Waals surface area contributed by atoms with Gasteiger partial charge in [-0.3, -0.25) is 0 Å². The molecular formula is C49H97N2+. The molecule has 2 heteroatoms. The summed E-state index contributed by atoms with van der Waals surface area (Å²) in [5.41, 5.74) is 0. The van der Waals surface area contributed by atoms with E-state index in [-0.39, 0.29) is 0 Å². The van der Waals surface area contributed by atoms with Crippen LogP contribution in [-0.4, -0.2) is 4.57 Å². The van der Waals surface area contributed by atoms with E-state index in [0.717, 1.165) is 0 Å². The second-order valence-corrected chi connectivity index (χ2v) is 16.9. The lowest BCUT2D eigenvalue weighted by molar-refractivity contribution is -0.704. The SMILES string of the molecule is CCCCCCCCCCCCCCCCn1cc[n+](CCCCCCCCCCCCCCCC)c1CCCCCCCCCCCCCC. The second kappa shape index (κ2) is 40.4. The van der Waals surface area contributed by atoms with E-state index in [0.29, 0.717) is 0 Å². The van der Waals surface area contributed by atoms with Crippen LogP contribution in [-0.2, 0) is 19.5 Å². The summed E-state index contributed by atoms with van der Waals surface area (Å²) in [5.74, 6) is 1.63. The third-order valence-electron chi connectivity index (χ3n) is 11.8. The van der Waals surface area contributed by atoms with Crippen molar-refractivity contribution in [2.45, 2.75) is 297 Å². The molecule has 0 saturated carbocycles. The van der Waals surface area contributed by atoms with Crippen LogP contribution in [0.5, 0.6) is 0 Å². The summed E-state index contributed by atoms with van der Waals surface area (Å²) >= 11 is 0. The zero-order valence-electron chi connectivity index (χ0n) is 36.0. The Morgan fingerprint density at radius 3 is 0.941 bits per heavy atom. The molecule has 2 nitrogen and oxygen atoms in total. The molecule has 51 heavy (non-hydrogen) atoms. The first-order chi connectivity index (χ1) is 25.3. The standard InChI is InChI=1S/C49H97N2/c1-4-7-10-13-16-19-22-25-27-30-33-36-39-42-45-50-47-48-51(46-43-40-37-34-31-28-26-23-20-17-14-11-8-5-2)49(50)44-41-38-35-32-29-24-21-18-15-12-9-6-3/h47-48H,4-46H2,1-3H3/q+1. The molecule has 0 aromatic carbocycles. The number of rotatable bonds is 43. The second-order valence-electron chi connectivity index (χ2n) is 16.9. The van der Waals surface area contributed by atoms with Gasteiger partial charge in [0.05, 0.1) is 13.1 Å². The van der Waals surface area contributed by atoms with Crippen molar-refractivity contribution in [2.75, 3.05) is 0 Å². The average Bonchev–Trinajstić information content (AvgIpc) is 3.53. The van der Waals surface area contributed by atoms with Gasteiger partial charge < -0.3 is 0 Å². The lowest BCUT2D eigenvalue weighted by Crippen LogP contribution is -2.37. The number of hydrogen-bond acceptors (Lipinski definition) is 0. The van der Waals surface area contributed by atoms with E-state index in [2.05, 4.69) is 42.3 Å². The van der Waals surface area contributed by atoms with Gasteiger partial charge in [0.2, 0.25) is 0 Å². The zero-order valence-corrected chi connectivity index (χ0v) is 36.0. The molecule has 0 aliphatic rings. The maximum Gasteiger partial charge on any atom is 0.256 e. The molecule has 0 fully saturated rings. The number of aromatic nitrogens is 2.